The Morgan fingerprint density at radius 2 is 2.14 bits per heavy atom. The Morgan fingerprint density at radius 1 is 1.43 bits per heavy atom. The van der Waals surface area contributed by atoms with Crippen LogP contribution in [0.2, 0.25) is 0 Å². The Kier molecular flexibility index (Phi) is 5.70. The molecule has 5 heteroatoms. The van der Waals surface area contributed by atoms with Gasteiger partial charge in [0, 0.05) is 24.1 Å². The molecule has 1 aliphatic heterocycles. The monoisotopic (exact) mass is 292 g/mol. The second-order valence-corrected chi connectivity index (χ2v) is 5.83. The zero-order valence-electron chi connectivity index (χ0n) is 12.7. The van der Waals surface area contributed by atoms with Gasteiger partial charge in [-0.2, -0.15) is 0 Å². The van der Waals surface area contributed by atoms with E-state index < -0.39 is 0 Å². The van der Waals surface area contributed by atoms with Crippen LogP contribution in [0.15, 0.2) is 24.3 Å². The van der Waals surface area contributed by atoms with Gasteiger partial charge >= 0.3 is 0 Å². The summed E-state index contributed by atoms with van der Waals surface area (Å²) in [5.41, 5.74) is 1.28. The molecule has 0 aromatic heterocycles. The molecule has 0 radical (unpaired) electrons. The van der Waals surface area contributed by atoms with E-state index in [-0.39, 0.29) is 10.6 Å². The Labute approximate surface area is 125 Å². The van der Waals surface area contributed by atoms with Crippen LogP contribution in [0.4, 0.5) is 5.69 Å². The van der Waals surface area contributed by atoms with Crippen molar-refractivity contribution >= 4 is 5.69 Å². The smallest absolute Gasteiger partial charge is 0.269 e. The van der Waals surface area contributed by atoms with E-state index in [1.807, 2.05) is 12.1 Å². The van der Waals surface area contributed by atoms with E-state index in [0.29, 0.717) is 18.1 Å². The lowest BCUT2D eigenvalue weighted by molar-refractivity contribution is -0.384. The first-order valence-electron chi connectivity index (χ1n) is 7.68. The molecule has 116 valence electrons. The lowest BCUT2D eigenvalue weighted by atomic mass is 9.91. The van der Waals surface area contributed by atoms with Crippen LogP contribution >= 0.6 is 0 Å². The van der Waals surface area contributed by atoms with E-state index in [2.05, 4.69) is 19.2 Å². The van der Waals surface area contributed by atoms with Crippen LogP contribution < -0.4 is 5.32 Å². The van der Waals surface area contributed by atoms with Gasteiger partial charge in [0.25, 0.3) is 5.69 Å². The maximum absolute atomic E-state index is 10.7. The van der Waals surface area contributed by atoms with Crippen molar-refractivity contribution in [1.82, 2.24) is 5.32 Å². The fourth-order valence-electron chi connectivity index (χ4n) is 2.87. The molecule has 1 aromatic rings. The van der Waals surface area contributed by atoms with Crippen molar-refractivity contribution in [1.29, 1.82) is 0 Å². The normalized spacial score (nSPS) is 23.1. The molecule has 1 saturated heterocycles. The quantitative estimate of drug-likeness (QED) is 0.620. The fourth-order valence-corrected chi connectivity index (χ4v) is 2.87. The predicted octanol–water partition coefficient (Wildman–Crippen LogP) is 2.93. The Morgan fingerprint density at radius 3 is 2.67 bits per heavy atom. The van der Waals surface area contributed by atoms with Gasteiger partial charge in [0.05, 0.1) is 17.6 Å². The molecule has 0 amide bonds. The number of non-ortho nitro benzene ring substituents is 1. The molecule has 1 fully saturated rings. The number of nitro benzene ring substituents is 1. The zero-order valence-corrected chi connectivity index (χ0v) is 12.7. The highest BCUT2D eigenvalue weighted by molar-refractivity contribution is 5.33. The van der Waals surface area contributed by atoms with E-state index in [1.54, 1.807) is 12.1 Å². The highest BCUT2D eigenvalue weighted by Gasteiger charge is 2.29. The second kappa shape index (κ2) is 7.52. The van der Waals surface area contributed by atoms with Crippen molar-refractivity contribution in [2.45, 2.75) is 45.3 Å². The van der Waals surface area contributed by atoms with Crippen molar-refractivity contribution in [2.24, 2.45) is 5.92 Å². The molecule has 1 heterocycles. The van der Waals surface area contributed by atoms with Gasteiger partial charge in [-0.25, -0.2) is 0 Å². The second-order valence-electron chi connectivity index (χ2n) is 5.83. The number of rotatable bonds is 7. The van der Waals surface area contributed by atoms with Gasteiger partial charge in [-0.1, -0.05) is 19.1 Å². The highest BCUT2D eigenvalue weighted by atomic mass is 16.6. The molecule has 1 aliphatic rings. The van der Waals surface area contributed by atoms with Crippen LogP contribution in [-0.2, 0) is 11.2 Å². The summed E-state index contributed by atoms with van der Waals surface area (Å²) in [7, 11) is 0. The molecule has 21 heavy (non-hydrogen) atoms. The predicted molar refractivity (Wildman–Crippen MR) is 82.4 cm³/mol. The van der Waals surface area contributed by atoms with Crippen LogP contribution in [0.25, 0.3) is 0 Å². The van der Waals surface area contributed by atoms with Gasteiger partial charge in [-0.3, -0.25) is 10.1 Å². The third kappa shape index (κ3) is 4.51. The van der Waals surface area contributed by atoms with Crippen LogP contribution in [0, 0.1) is 16.0 Å². The van der Waals surface area contributed by atoms with Crippen LogP contribution in [-0.4, -0.2) is 30.2 Å². The largest absolute Gasteiger partial charge is 0.378 e. The minimum absolute atomic E-state index is 0.148. The van der Waals surface area contributed by atoms with Gasteiger partial charge in [0.2, 0.25) is 0 Å². The van der Waals surface area contributed by atoms with Crippen molar-refractivity contribution in [2.75, 3.05) is 13.2 Å². The highest BCUT2D eigenvalue weighted by Crippen LogP contribution is 2.25. The number of benzene rings is 1. The molecule has 0 spiro atoms. The van der Waals surface area contributed by atoms with Crippen molar-refractivity contribution in [3.05, 3.63) is 39.9 Å². The summed E-state index contributed by atoms with van der Waals surface area (Å²) < 4.78 is 5.69. The van der Waals surface area contributed by atoms with Crippen LogP contribution in [0.5, 0.6) is 0 Å². The molecule has 1 aromatic carbocycles. The molecule has 2 rings (SSSR count). The average Bonchev–Trinajstić information content (AvgIpc) is 2.90. The maximum Gasteiger partial charge on any atom is 0.269 e. The SMILES string of the molecule is CCCNC(Cc1ccc([N+](=O)[O-])cc1)C1COC(C)C1. The summed E-state index contributed by atoms with van der Waals surface area (Å²) in [6.45, 7) is 6.06. The minimum Gasteiger partial charge on any atom is -0.378 e. The van der Waals surface area contributed by atoms with Crippen molar-refractivity contribution < 1.29 is 9.66 Å². The number of hydrogen-bond donors (Lipinski definition) is 1. The summed E-state index contributed by atoms with van der Waals surface area (Å²) in [4.78, 5) is 10.3. The standard InChI is InChI=1S/C16H24N2O3/c1-3-8-17-16(14-9-12(2)21-11-14)10-13-4-6-15(7-5-13)18(19)20/h4-7,12,14,16-17H,3,8-11H2,1-2H3. The van der Waals surface area contributed by atoms with Gasteiger partial charge in [-0.05, 0) is 38.3 Å². The van der Waals surface area contributed by atoms with Gasteiger partial charge in [-0.15, -0.1) is 0 Å². The fraction of sp³-hybridized carbons (Fsp3) is 0.625. The molecule has 3 atom stereocenters. The van der Waals surface area contributed by atoms with Gasteiger partial charge < -0.3 is 10.1 Å². The Hall–Kier alpha value is -1.46. The lowest BCUT2D eigenvalue weighted by Gasteiger charge is -2.24. The van der Waals surface area contributed by atoms with Crippen LogP contribution in [0.3, 0.4) is 0 Å². The van der Waals surface area contributed by atoms with Crippen molar-refractivity contribution in [3.63, 3.8) is 0 Å². The number of ether oxygens (including phenoxy) is 1. The summed E-state index contributed by atoms with van der Waals surface area (Å²) in [5, 5.41) is 14.3. The van der Waals surface area contributed by atoms with E-state index in [4.69, 9.17) is 4.74 Å². The average molecular weight is 292 g/mol. The molecule has 1 N–H and O–H groups in total. The molecule has 0 aliphatic carbocycles. The van der Waals surface area contributed by atoms with Crippen molar-refractivity contribution in [3.8, 4) is 0 Å². The Balaban J connectivity index is 2.01. The molecule has 3 unspecified atom stereocenters. The maximum atomic E-state index is 10.7. The summed E-state index contributed by atoms with van der Waals surface area (Å²) in [6, 6.07) is 7.26. The number of hydrogen-bond acceptors (Lipinski definition) is 4. The van der Waals surface area contributed by atoms with E-state index in [0.717, 1.165) is 38.0 Å². The summed E-state index contributed by atoms with van der Waals surface area (Å²) in [5.74, 6) is 0.516. The van der Waals surface area contributed by atoms with Crippen LogP contribution in [0.1, 0.15) is 32.3 Å². The summed E-state index contributed by atoms with van der Waals surface area (Å²) in [6.07, 6.45) is 3.39. The first-order valence-corrected chi connectivity index (χ1v) is 7.68. The number of nitrogens with zero attached hydrogens (tertiary/aromatic N) is 1. The molecular formula is C16H24N2O3. The van der Waals surface area contributed by atoms with E-state index >= 15 is 0 Å². The molecule has 0 bridgehead atoms. The van der Waals surface area contributed by atoms with Gasteiger partial charge in [0.1, 0.15) is 0 Å². The van der Waals surface area contributed by atoms with E-state index in [9.17, 15) is 10.1 Å². The summed E-state index contributed by atoms with van der Waals surface area (Å²) >= 11 is 0. The number of nitrogens with one attached hydrogen (secondary N) is 1. The zero-order chi connectivity index (χ0) is 15.2. The Bertz CT molecular complexity index is 461. The van der Waals surface area contributed by atoms with Gasteiger partial charge in [0.15, 0.2) is 0 Å². The molecule has 5 nitrogen and oxygen atoms in total. The topological polar surface area (TPSA) is 64.4 Å². The minimum atomic E-state index is -0.358. The third-order valence-electron chi connectivity index (χ3n) is 4.06. The molecule has 0 saturated carbocycles. The first-order chi connectivity index (χ1) is 10.1. The lowest BCUT2D eigenvalue weighted by Crippen LogP contribution is -2.39. The number of nitro groups is 1. The molecular weight excluding hydrogens is 268 g/mol. The van der Waals surface area contributed by atoms with E-state index in [1.165, 1.54) is 0 Å². The third-order valence-corrected chi connectivity index (χ3v) is 4.06. The first kappa shape index (κ1) is 15.9.